The average molecular weight is 314 g/mol. The molecular formula is C18H19FN2O2. The fourth-order valence-electron chi connectivity index (χ4n) is 3.29. The molecule has 2 aromatic rings. The van der Waals surface area contributed by atoms with Crippen LogP contribution in [0.3, 0.4) is 0 Å². The number of carboxylic acid groups (broad SMARTS) is 1. The normalized spacial score (nSPS) is 20.1. The lowest BCUT2D eigenvalue weighted by Gasteiger charge is -2.39. The van der Waals surface area contributed by atoms with Crippen molar-refractivity contribution in [2.75, 3.05) is 6.54 Å². The van der Waals surface area contributed by atoms with Gasteiger partial charge in [-0.25, -0.2) is 4.39 Å². The molecule has 2 heterocycles. The summed E-state index contributed by atoms with van der Waals surface area (Å²) in [5, 5.41) is 9.58. The topological polar surface area (TPSA) is 53.4 Å². The van der Waals surface area contributed by atoms with Gasteiger partial charge in [-0.3, -0.25) is 14.7 Å². The van der Waals surface area contributed by atoms with Crippen LogP contribution < -0.4 is 0 Å². The van der Waals surface area contributed by atoms with Crippen LogP contribution in [0.25, 0.3) is 0 Å². The van der Waals surface area contributed by atoms with Gasteiger partial charge in [0.25, 0.3) is 0 Å². The third-order valence-corrected chi connectivity index (χ3v) is 4.37. The summed E-state index contributed by atoms with van der Waals surface area (Å²) in [5.74, 6) is -1.10. The van der Waals surface area contributed by atoms with E-state index in [1.165, 1.54) is 12.1 Å². The number of carbonyl (C=O) groups is 1. The van der Waals surface area contributed by atoms with Crippen molar-refractivity contribution in [3.8, 4) is 0 Å². The van der Waals surface area contributed by atoms with Gasteiger partial charge in [0.1, 0.15) is 11.9 Å². The minimum absolute atomic E-state index is 0.208. The molecule has 2 unspecified atom stereocenters. The molecule has 5 heteroatoms. The van der Waals surface area contributed by atoms with Crippen molar-refractivity contribution in [2.45, 2.75) is 31.3 Å². The number of likely N-dealkylation sites (tertiary alicyclic amines) is 1. The predicted molar refractivity (Wildman–Crippen MR) is 84.5 cm³/mol. The highest BCUT2D eigenvalue weighted by atomic mass is 19.1. The third kappa shape index (κ3) is 3.40. The van der Waals surface area contributed by atoms with E-state index in [1.54, 1.807) is 24.5 Å². The van der Waals surface area contributed by atoms with Gasteiger partial charge in [0.05, 0.1) is 6.04 Å². The standard InChI is InChI=1S/C18H19FN2O2/c19-15-6-4-13(5-7-15)17(14-8-10-20-11-9-14)21-12-2-1-3-16(21)18(22)23/h4-11,16-17H,1-3,12H2,(H,22,23). The molecule has 3 rings (SSSR count). The van der Waals surface area contributed by atoms with E-state index in [4.69, 9.17) is 0 Å². The molecule has 0 bridgehead atoms. The van der Waals surface area contributed by atoms with Gasteiger partial charge in [0.15, 0.2) is 0 Å². The molecule has 0 radical (unpaired) electrons. The number of benzene rings is 1. The zero-order valence-corrected chi connectivity index (χ0v) is 12.7. The maximum absolute atomic E-state index is 13.3. The van der Waals surface area contributed by atoms with Crippen molar-refractivity contribution in [1.82, 2.24) is 9.88 Å². The fourth-order valence-corrected chi connectivity index (χ4v) is 3.29. The molecule has 1 aromatic carbocycles. The van der Waals surface area contributed by atoms with Crippen molar-refractivity contribution in [3.63, 3.8) is 0 Å². The smallest absolute Gasteiger partial charge is 0.320 e. The van der Waals surface area contributed by atoms with E-state index in [-0.39, 0.29) is 11.9 Å². The molecule has 4 nitrogen and oxygen atoms in total. The highest BCUT2D eigenvalue weighted by molar-refractivity contribution is 5.73. The van der Waals surface area contributed by atoms with Crippen LogP contribution in [0.2, 0.25) is 0 Å². The van der Waals surface area contributed by atoms with E-state index < -0.39 is 12.0 Å². The Morgan fingerprint density at radius 1 is 1.13 bits per heavy atom. The van der Waals surface area contributed by atoms with Gasteiger partial charge in [0, 0.05) is 12.4 Å². The van der Waals surface area contributed by atoms with Gasteiger partial charge in [-0.05, 0) is 54.8 Å². The Hall–Kier alpha value is -2.27. The van der Waals surface area contributed by atoms with Crippen LogP contribution >= 0.6 is 0 Å². The first-order valence-electron chi connectivity index (χ1n) is 7.81. The number of halogens is 1. The van der Waals surface area contributed by atoms with E-state index in [0.29, 0.717) is 13.0 Å². The molecule has 1 aromatic heterocycles. The fraction of sp³-hybridized carbons (Fsp3) is 0.333. The number of carboxylic acids is 1. The van der Waals surface area contributed by atoms with Gasteiger partial charge >= 0.3 is 5.97 Å². The first kappa shape index (κ1) is 15.6. The lowest BCUT2D eigenvalue weighted by molar-refractivity contribution is -0.145. The second-order valence-corrected chi connectivity index (χ2v) is 5.82. The van der Waals surface area contributed by atoms with E-state index >= 15 is 0 Å². The molecular weight excluding hydrogens is 295 g/mol. The summed E-state index contributed by atoms with van der Waals surface area (Å²) >= 11 is 0. The Morgan fingerprint density at radius 2 is 1.78 bits per heavy atom. The molecule has 1 aliphatic heterocycles. The average Bonchev–Trinajstić information content (AvgIpc) is 2.58. The molecule has 120 valence electrons. The molecule has 0 saturated carbocycles. The van der Waals surface area contributed by atoms with Crippen LogP contribution in [0.5, 0.6) is 0 Å². The number of piperidine rings is 1. The zero-order valence-electron chi connectivity index (χ0n) is 12.7. The molecule has 0 spiro atoms. The first-order chi connectivity index (χ1) is 11.2. The first-order valence-corrected chi connectivity index (χ1v) is 7.81. The van der Waals surface area contributed by atoms with Crippen LogP contribution in [0, 0.1) is 5.82 Å². The maximum Gasteiger partial charge on any atom is 0.320 e. The highest BCUT2D eigenvalue weighted by Gasteiger charge is 2.35. The van der Waals surface area contributed by atoms with Crippen molar-refractivity contribution < 1.29 is 14.3 Å². The molecule has 2 atom stereocenters. The predicted octanol–water partition coefficient (Wildman–Crippen LogP) is 3.25. The van der Waals surface area contributed by atoms with Gasteiger partial charge < -0.3 is 5.11 Å². The number of hydrogen-bond donors (Lipinski definition) is 1. The van der Waals surface area contributed by atoms with Gasteiger partial charge in [-0.2, -0.15) is 0 Å². The molecule has 1 saturated heterocycles. The third-order valence-electron chi connectivity index (χ3n) is 4.37. The second-order valence-electron chi connectivity index (χ2n) is 5.82. The van der Waals surface area contributed by atoms with E-state index in [2.05, 4.69) is 4.98 Å². The summed E-state index contributed by atoms with van der Waals surface area (Å²) in [4.78, 5) is 17.7. The Morgan fingerprint density at radius 3 is 2.43 bits per heavy atom. The molecule has 1 aliphatic rings. The van der Waals surface area contributed by atoms with E-state index in [9.17, 15) is 14.3 Å². The lowest BCUT2D eigenvalue weighted by Crippen LogP contribution is -2.46. The summed E-state index contributed by atoms with van der Waals surface area (Å²) in [5.41, 5.74) is 1.87. The number of rotatable bonds is 4. The van der Waals surface area contributed by atoms with Crippen LogP contribution in [-0.4, -0.2) is 33.5 Å². The van der Waals surface area contributed by atoms with Gasteiger partial charge in [-0.15, -0.1) is 0 Å². The number of nitrogens with zero attached hydrogens (tertiary/aromatic N) is 2. The van der Waals surface area contributed by atoms with Gasteiger partial charge in [-0.1, -0.05) is 18.6 Å². The van der Waals surface area contributed by atoms with E-state index in [0.717, 1.165) is 24.0 Å². The van der Waals surface area contributed by atoms with Crippen molar-refractivity contribution in [2.24, 2.45) is 0 Å². The number of aromatic nitrogens is 1. The number of hydrogen-bond acceptors (Lipinski definition) is 3. The molecule has 1 N–H and O–H groups in total. The summed E-state index contributed by atoms with van der Waals surface area (Å²) in [7, 11) is 0. The molecule has 23 heavy (non-hydrogen) atoms. The number of aliphatic carboxylic acids is 1. The molecule has 0 amide bonds. The second kappa shape index (κ2) is 6.87. The minimum atomic E-state index is -0.800. The number of pyridine rings is 1. The van der Waals surface area contributed by atoms with Crippen LogP contribution in [-0.2, 0) is 4.79 Å². The quantitative estimate of drug-likeness (QED) is 0.941. The van der Waals surface area contributed by atoms with Gasteiger partial charge in [0.2, 0.25) is 0 Å². The SMILES string of the molecule is O=C(O)C1CCCCN1C(c1ccncc1)c1ccc(F)cc1. The highest BCUT2D eigenvalue weighted by Crippen LogP contribution is 2.34. The maximum atomic E-state index is 13.3. The Balaban J connectivity index is 2.04. The monoisotopic (exact) mass is 314 g/mol. The van der Waals surface area contributed by atoms with E-state index in [1.807, 2.05) is 17.0 Å². The molecule has 0 aliphatic carbocycles. The Kier molecular flexibility index (Phi) is 4.67. The Labute approximate surface area is 134 Å². The van der Waals surface area contributed by atoms with Crippen LogP contribution in [0.4, 0.5) is 4.39 Å². The summed E-state index contributed by atoms with van der Waals surface area (Å²) in [6, 6.07) is 9.35. The zero-order chi connectivity index (χ0) is 16.2. The summed E-state index contributed by atoms with van der Waals surface area (Å²) < 4.78 is 13.3. The summed E-state index contributed by atoms with van der Waals surface area (Å²) in [6.45, 7) is 0.710. The van der Waals surface area contributed by atoms with Crippen LogP contribution in [0.15, 0.2) is 48.8 Å². The Bertz CT molecular complexity index is 660. The van der Waals surface area contributed by atoms with Crippen molar-refractivity contribution in [3.05, 3.63) is 65.7 Å². The summed E-state index contributed by atoms with van der Waals surface area (Å²) in [6.07, 6.45) is 5.92. The lowest BCUT2D eigenvalue weighted by atomic mass is 9.92. The van der Waals surface area contributed by atoms with Crippen LogP contribution in [0.1, 0.15) is 36.4 Å². The van der Waals surface area contributed by atoms with Crippen molar-refractivity contribution >= 4 is 5.97 Å². The molecule has 1 fully saturated rings. The van der Waals surface area contributed by atoms with Crippen molar-refractivity contribution in [1.29, 1.82) is 0 Å². The minimum Gasteiger partial charge on any atom is -0.480 e. The largest absolute Gasteiger partial charge is 0.480 e.